The molecule has 0 aliphatic rings. The van der Waals surface area contributed by atoms with Gasteiger partial charge in [-0.25, -0.2) is 4.39 Å². The molecule has 0 heterocycles. The number of carbonyl (C=O) groups is 1. The van der Waals surface area contributed by atoms with Gasteiger partial charge in [0.25, 0.3) is 0 Å². The van der Waals surface area contributed by atoms with Crippen molar-refractivity contribution in [1.82, 2.24) is 10.6 Å². The van der Waals surface area contributed by atoms with Crippen molar-refractivity contribution >= 4 is 18.3 Å². The maximum absolute atomic E-state index is 13.0. The van der Waals surface area contributed by atoms with Crippen molar-refractivity contribution in [1.29, 1.82) is 0 Å². The average Bonchev–Trinajstić information content (AvgIpc) is 2.36. The van der Waals surface area contributed by atoms with Crippen LogP contribution >= 0.6 is 12.4 Å². The molecule has 0 aliphatic carbocycles. The van der Waals surface area contributed by atoms with Crippen molar-refractivity contribution in [2.75, 3.05) is 13.6 Å². The lowest BCUT2D eigenvalue weighted by Crippen LogP contribution is -2.41. The molecule has 0 saturated carbocycles. The van der Waals surface area contributed by atoms with Crippen LogP contribution in [-0.2, 0) is 4.79 Å². The Bertz CT molecular complexity index is 443. The molecule has 2 unspecified atom stereocenters. The smallest absolute Gasteiger partial charge is 0.224 e. The fourth-order valence-corrected chi connectivity index (χ4v) is 2.14. The van der Waals surface area contributed by atoms with E-state index in [9.17, 15) is 9.18 Å². The summed E-state index contributed by atoms with van der Waals surface area (Å²) in [5.41, 5.74) is 0.774. The summed E-state index contributed by atoms with van der Waals surface area (Å²) >= 11 is 0. The minimum absolute atomic E-state index is 0. The highest BCUT2D eigenvalue weighted by molar-refractivity contribution is 5.85. The van der Waals surface area contributed by atoms with Crippen LogP contribution in [0.15, 0.2) is 24.3 Å². The third-order valence-corrected chi connectivity index (χ3v) is 3.31. The lowest BCUT2D eigenvalue weighted by molar-refractivity contribution is -0.125. The lowest BCUT2D eigenvalue weighted by Gasteiger charge is -2.33. The van der Waals surface area contributed by atoms with Gasteiger partial charge in [-0.2, -0.15) is 0 Å². The van der Waals surface area contributed by atoms with Crippen LogP contribution in [0.4, 0.5) is 4.39 Å². The molecule has 1 aromatic carbocycles. The summed E-state index contributed by atoms with van der Waals surface area (Å²) in [6.45, 7) is 8.69. The molecule has 2 N–H and O–H groups in total. The Hall–Kier alpha value is -1.13. The number of benzene rings is 1. The molecule has 0 aromatic heterocycles. The fourth-order valence-electron chi connectivity index (χ4n) is 2.14. The largest absolute Gasteiger partial charge is 0.348 e. The molecule has 0 saturated heterocycles. The first-order chi connectivity index (χ1) is 9.25. The van der Waals surface area contributed by atoms with E-state index in [-0.39, 0.29) is 41.5 Å². The van der Waals surface area contributed by atoms with E-state index in [2.05, 4.69) is 31.4 Å². The number of hydrogen-bond donors (Lipinski definition) is 2. The Labute approximate surface area is 133 Å². The van der Waals surface area contributed by atoms with Crippen molar-refractivity contribution < 1.29 is 9.18 Å². The van der Waals surface area contributed by atoms with E-state index in [4.69, 9.17) is 0 Å². The van der Waals surface area contributed by atoms with Crippen LogP contribution < -0.4 is 10.6 Å². The first-order valence-electron chi connectivity index (χ1n) is 6.96. The Morgan fingerprint density at radius 3 is 2.19 bits per heavy atom. The zero-order valence-corrected chi connectivity index (χ0v) is 14.2. The van der Waals surface area contributed by atoms with E-state index >= 15 is 0 Å². The second-order valence-corrected chi connectivity index (χ2v) is 6.32. The molecule has 0 aliphatic heterocycles. The first-order valence-corrected chi connectivity index (χ1v) is 6.96. The number of nitrogens with one attached hydrogen (secondary N) is 2. The Kier molecular flexibility index (Phi) is 7.90. The molecule has 2 atom stereocenters. The van der Waals surface area contributed by atoms with E-state index in [0.717, 1.165) is 5.56 Å². The van der Waals surface area contributed by atoms with Gasteiger partial charge < -0.3 is 10.6 Å². The van der Waals surface area contributed by atoms with Gasteiger partial charge in [-0.15, -0.1) is 12.4 Å². The van der Waals surface area contributed by atoms with Crippen LogP contribution in [-0.4, -0.2) is 19.5 Å². The van der Waals surface area contributed by atoms with Gasteiger partial charge in [0.05, 0.1) is 6.04 Å². The van der Waals surface area contributed by atoms with Gasteiger partial charge in [-0.3, -0.25) is 4.79 Å². The van der Waals surface area contributed by atoms with E-state index in [0.29, 0.717) is 6.54 Å². The van der Waals surface area contributed by atoms with Crippen LogP contribution in [0.3, 0.4) is 0 Å². The molecule has 21 heavy (non-hydrogen) atoms. The third-order valence-electron chi connectivity index (χ3n) is 3.31. The molecule has 1 rings (SSSR count). The summed E-state index contributed by atoms with van der Waals surface area (Å²) < 4.78 is 13.0. The second-order valence-electron chi connectivity index (χ2n) is 6.32. The standard InChI is InChI=1S/C16H25FN2O.ClH/c1-11(10-18-5)15(20)19-14(16(2,3)4)12-6-8-13(17)9-7-12;/h6-9,11,14,18H,10H2,1-5H3,(H,19,20);1H. The van der Waals surface area contributed by atoms with Crippen molar-refractivity contribution in [2.45, 2.75) is 33.7 Å². The van der Waals surface area contributed by atoms with Gasteiger partial charge in [-0.1, -0.05) is 39.8 Å². The monoisotopic (exact) mass is 316 g/mol. The predicted molar refractivity (Wildman–Crippen MR) is 87.1 cm³/mol. The zero-order valence-electron chi connectivity index (χ0n) is 13.4. The molecule has 1 aromatic rings. The van der Waals surface area contributed by atoms with Crippen LogP contribution in [0, 0.1) is 17.2 Å². The van der Waals surface area contributed by atoms with E-state index in [1.54, 1.807) is 12.1 Å². The summed E-state index contributed by atoms with van der Waals surface area (Å²) in [6, 6.07) is 6.17. The molecule has 0 radical (unpaired) electrons. The summed E-state index contributed by atoms with van der Waals surface area (Å²) in [5, 5.41) is 6.07. The van der Waals surface area contributed by atoms with Gasteiger partial charge in [0.1, 0.15) is 5.82 Å². The van der Waals surface area contributed by atoms with Gasteiger partial charge in [0, 0.05) is 12.5 Å². The molecule has 0 spiro atoms. The maximum Gasteiger partial charge on any atom is 0.224 e. The molecule has 0 fully saturated rings. The van der Waals surface area contributed by atoms with Gasteiger partial charge in [-0.05, 0) is 30.2 Å². The van der Waals surface area contributed by atoms with E-state index in [1.807, 2.05) is 14.0 Å². The number of halogens is 2. The summed E-state index contributed by atoms with van der Waals surface area (Å²) in [6.07, 6.45) is 0. The van der Waals surface area contributed by atoms with Gasteiger partial charge in [0.15, 0.2) is 0 Å². The molecular formula is C16H26ClFN2O. The topological polar surface area (TPSA) is 41.1 Å². The summed E-state index contributed by atoms with van der Waals surface area (Å²) in [5.74, 6) is -0.370. The number of amides is 1. The molecule has 5 heteroatoms. The summed E-state index contributed by atoms with van der Waals surface area (Å²) in [7, 11) is 1.82. The van der Waals surface area contributed by atoms with Crippen molar-refractivity contribution in [3.63, 3.8) is 0 Å². The van der Waals surface area contributed by atoms with Crippen LogP contribution in [0.2, 0.25) is 0 Å². The molecule has 1 amide bonds. The van der Waals surface area contributed by atoms with E-state index in [1.165, 1.54) is 12.1 Å². The van der Waals surface area contributed by atoms with Crippen molar-refractivity contribution in [2.24, 2.45) is 11.3 Å². The quantitative estimate of drug-likeness (QED) is 0.875. The highest BCUT2D eigenvalue weighted by atomic mass is 35.5. The van der Waals surface area contributed by atoms with Gasteiger partial charge in [0.2, 0.25) is 5.91 Å². The lowest BCUT2D eigenvalue weighted by atomic mass is 9.82. The first kappa shape index (κ1) is 19.9. The average molecular weight is 317 g/mol. The van der Waals surface area contributed by atoms with E-state index < -0.39 is 0 Å². The van der Waals surface area contributed by atoms with Crippen molar-refractivity contribution in [3.8, 4) is 0 Å². The minimum atomic E-state index is -0.267. The molecular weight excluding hydrogens is 291 g/mol. The molecule has 0 bridgehead atoms. The van der Waals surface area contributed by atoms with Crippen LogP contribution in [0.1, 0.15) is 39.3 Å². The number of carbonyl (C=O) groups excluding carboxylic acids is 1. The Morgan fingerprint density at radius 1 is 1.24 bits per heavy atom. The molecule has 120 valence electrons. The molecule has 3 nitrogen and oxygen atoms in total. The third kappa shape index (κ3) is 6.02. The predicted octanol–water partition coefficient (Wildman–Crippen LogP) is 3.31. The highest BCUT2D eigenvalue weighted by Crippen LogP contribution is 2.33. The van der Waals surface area contributed by atoms with Crippen LogP contribution in [0.5, 0.6) is 0 Å². The SMILES string of the molecule is CNCC(C)C(=O)NC(c1ccc(F)cc1)C(C)(C)C.Cl. The maximum atomic E-state index is 13.0. The number of hydrogen-bond acceptors (Lipinski definition) is 2. The second kappa shape index (κ2) is 8.35. The highest BCUT2D eigenvalue weighted by Gasteiger charge is 2.29. The fraction of sp³-hybridized carbons (Fsp3) is 0.562. The Balaban J connectivity index is 0.00000400. The summed E-state index contributed by atoms with van der Waals surface area (Å²) in [4.78, 5) is 12.2. The van der Waals surface area contributed by atoms with Crippen molar-refractivity contribution in [3.05, 3.63) is 35.6 Å². The number of rotatable bonds is 5. The normalized spacial score (nSPS) is 14.0. The van der Waals surface area contributed by atoms with Crippen LogP contribution in [0.25, 0.3) is 0 Å². The van der Waals surface area contributed by atoms with Gasteiger partial charge >= 0.3 is 0 Å². The Morgan fingerprint density at radius 2 is 1.76 bits per heavy atom. The minimum Gasteiger partial charge on any atom is -0.348 e. The zero-order chi connectivity index (χ0) is 15.3.